The molecule has 13 heavy (non-hydrogen) atoms. The molecular weight excluding hydrogens is 162 g/mol. The van der Waals surface area contributed by atoms with Crippen LogP contribution in [-0.4, -0.2) is 17.7 Å². The van der Waals surface area contributed by atoms with Gasteiger partial charge in [-0.05, 0) is 40.7 Å². The maximum absolute atomic E-state index is 5.48. The van der Waals surface area contributed by atoms with Crippen molar-refractivity contribution in [2.75, 3.05) is 6.73 Å². The lowest BCUT2D eigenvalue weighted by atomic mass is 10.1. The van der Waals surface area contributed by atoms with Gasteiger partial charge in [0, 0.05) is 11.7 Å². The van der Waals surface area contributed by atoms with E-state index in [-0.39, 0.29) is 0 Å². The molecule has 0 saturated carbocycles. The van der Waals surface area contributed by atoms with Crippen molar-refractivity contribution in [3.05, 3.63) is 23.1 Å². The van der Waals surface area contributed by atoms with Gasteiger partial charge in [-0.2, -0.15) is 0 Å². The summed E-state index contributed by atoms with van der Waals surface area (Å²) in [5, 5.41) is 0. The summed E-state index contributed by atoms with van der Waals surface area (Å²) in [6, 6.07) is 0.495. The van der Waals surface area contributed by atoms with Crippen LogP contribution in [0.4, 0.5) is 0 Å². The molecule has 0 aliphatic carbocycles. The van der Waals surface area contributed by atoms with Crippen molar-refractivity contribution in [2.24, 2.45) is 0 Å². The average molecular weight is 181 g/mol. The van der Waals surface area contributed by atoms with Gasteiger partial charge in [-0.15, -0.1) is 0 Å². The molecule has 0 N–H and O–H groups in total. The molecule has 0 saturated heterocycles. The summed E-state index contributed by atoms with van der Waals surface area (Å²) >= 11 is 0. The van der Waals surface area contributed by atoms with E-state index in [4.69, 9.17) is 4.74 Å². The molecule has 74 valence electrons. The molecule has 0 aromatic rings. The van der Waals surface area contributed by atoms with Gasteiger partial charge in [0.1, 0.15) is 0 Å². The first kappa shape index (κ1) is 10.2. The highest BCUT2D eigenvalue weighted by molar-refractivity contribution is 5.26. The van der Waals surface area contributed by atoms with E-state index in [0.717, 1.165) is 5.76 Å². The van der Waals surface area contributed by atoms with Crippen molar-refractivity contribution in [1.29, 1.82) is 0 Å². The molecule has 1 rings (SSSR count). The van der Waals surface area contributed by atoms with E-state index in [1.165, 1.54) is 11.3 Å². The van der Waals surface area contributed by atoms with Crippen molar-refractivity contribution < 1.29 is 4.74 Å². The third-order valence-electron chi connectivity index (χ3n) is 2.22. The maximum Gasteiger partial charge on any atom is 0.161 e. The van der Waals surface area contributed by atoms with Gasteiger partial charge in [0.05, 0.1) is 5.76 Å². The fourth-order valence-corrected chi connectivity index (χ4v) is 1.42. The van der Waals surface area contributed by atoms with Gasteiger partial charge in [0.2, 0.25) is 0 Å². The predicted molar refractivity (Wildman–Crippen MR) is 55.1 cm³/mol. The second kappa shape index (κ2) is 3.86. The van der Waals surface area contributed by atoms with E-state index in [2.05, 4.69) is 38.7 Å². The van der Waals surface area contributed by atoms with Gasteiger partial charge in [0.25, 0.3) is 0 Å². The lowest BCUT2D eigenvalue weighted by Gasteiger charge is -2.34. The van der Waals surface area contributed by atoms with Gasteiger partial charge < -0.3 is 9.64 Å². The zero-order valence-corrected chi connectivity index (χ0v) is 9.22. The zero-order valence-electron chi connectivity index (χ0n) is 9.22. The Labute approximate surface area is 80.9 Å². The molecule has 1 heterocycles. The molecule has 0 radical (unpaired) electrons. The largest absolute Gasteiger partial charge is 0.478 e. The predicted octanol–water partition coefficient (Wildman–Crippen LogP) is 2.88. The van der Waals surface area contributed by atoms with Gasteiger partial charge >= 0.3 is 0 Å². The minimum absolute atomic E-state index is 0.495. The third kappa shape index (κ3) is 2.27. The fraction of sp³-hybridized carbons (Fsp3) is 0.636. The highest BCUT2D eigenvalue weighted by atomic mass is 16.5. The molecule has 0 amide bonds. The monoisotopic (exact) mass is 181 g/mol. The standard InChI is InChI=1S/C11H19NO/c1-8(2)11-6-10(5)13-7-12(11)9(3)4/h6,9H,7H2,1-5H3. The normalized spacial score (nSPS) is 17.2. The highest BCUT2D eigenvalue weighted by Gasteiger charge is 2.17. The molecule has 0 aromatic heterocycles. The van der Waals surface area contributed by atoms with E-state index < -0.39 is 0 Å². The number of allylic oxidation sites excluding steroid dienone is 3. The van der Waals surface area contributed by atoms with Crippen LogP contribution in [0.25, 0.3) is 0 Å². The lowest BCUT2D eigenvalue weighted by molar-refractivity contribution is 0.0660. The smallest absolute Gasteiger partial charge is 0.161 e. The van der Waals surface area contributed by atoms with Crippen molar-refractivity contribution in [2.45, 2.75) is 40.7 Å². The number of hydrogen-bond donors (Lipinski definition) is 0. The lowest BCUT2D eigenvalue weighted by Crippen LogP contribution is -2.34. The minimum Gasteiger partial charge on any atom is -0.478 e. The average Bonchev–Trinajstić information content (AvgIpc) is 2.03. The van der Waals surface area contributed by atoms with Crippen LogP contribution in [0.3, 0.4) is 0 Å². The van der Waals surface area contributed by atoms with E-state index in [1.807, 2.05) is 6.92 Å². The van der Waals surface area contributed by atoms with E-state index in [1.54, 1.807) is 0 Å². The summed E-state index contributed by atoms with van der Waals surface area (Å²) in [6.45, 7) is 11.3. The number of hydrogen-bond acceptors (Lipinski definition) is 2. The van der Waals surface area contributed by atoms with Crippen LogP contribution < -0.4 is 0 Å². The maximum atomic E-state index is 5.48. The van der Waals surface area contributed by atoms with Gasteiger partial charge in [-0.25, -0.2) is 0 Å². The van der Waals surface area contributed by atoms with Crippen molar-refractivity contribution in [3.8, 4) is 0 Å². The molecule has 0 spiro atoms. The Morgan fingerprint density at radius 3 is 2.54 bits per heavy atom. The van der Waals surface area contributed by atoms with E-state index in [0.29, 0.717) is 12.8 Å². The quantitative estimate of drug-likeness (QED) is 0.616. The Bertz CT molecular complexity index is 247. The molecule has 0 aromatic carbocycles. The number of nitrogens with zero attached hydrogens (tertiary/aromatic N) is 1. The summed E-state index contributed by atoms with van der Waals surface area (Å²) in [4.78, 5) is 2.27. The Kier molecular flexibility index (Phi) is 3.02. The molecule has 1 aliphatic heterocycles. The van der Waals surface area contributed by atoms with Crippen LogP contribution >= 0.6 is 0 Å². The Morgan fingerprint density at radius 1 is 1.46 bits per heavy atom. The number of ether oxygens (including phenoxy) is 1. The number of rotatable bonds is 1. The molecule has 0 atom stereocenters. The van der Waals surface area contributed by atoms with Crippen LogP contribution in [-0.2, 0) is 4.74 Å². The molecule has 2 heteroatoms. The zero-order chi connectivity index (χ0) is 10.0. The molecule has 0 fully saturated rings. The van der Waals surface area contributed by atoms with E-state index in [9.17, 15) is 0 Å². The topological polar surface area (TPSA) is 12.5 Å². The second-order valence-corrected chi connectivity index (χ2v) is 3.98. The molecule has 2 nitrogen and oxygen atoms in total. The first-order valence-corrected chi connectivity index (χ1v) is 4.77. The Balaban J connectivity index is 2.96. The van der Waals surface area contributed by atoms with Crippen molar-refractivity contribution in [1.82, 2.24) is 4.90 Å². The van der Waals surface area contributed by atoms with Crippen LogP contribution in [0.5, 0.6) is 0 Å². The second-order valence-electron chi connectivity index (χ2n) is 3.98. The van der Waals surface area contributed by atoms with Crippen LogP contribution in [0, 0.1) is 0 Å². The molecule has 0 unspecified atom stereocenters. The Hall–Kier alpha value is -0.920. The van der Waals surface area contributed by atoms with Gasteiger partial charge in [-0.1, -0.05) is 5.57 Å². The first-order chi connectivity index (χ1) is 6.02. The van der Waals surface area contributed by atoms with E-state index >= 15 is 0 Å². The first-order valence-electron chi connectivity index (χ1n) is 4.77. The molecular formula is C11H19NO. The fourth-order valence-electron chi connectivity index (χ4n) is 1.42. The summed E-state index contributed by atoms with van der Waals surface area (Å²) in [7, 11) is 0. The molecule has 1 aliphatic rings. The van der Waals surface area contributed by atoms with Crippen LogP contribution in [0.1, 0.15) is 34.6 Å². The van der Waals surface area contributed by atoms with Gasteiger partial charge in [-0.3, -0.25) is 0 Å². The highest BCUT2D eigenvalue weighted by Crippen LogP contribution is 2.22. The summed E-state index contributed by atoms with van der Waals surface area (Å²) in [6.07, 6.45) is 2.11. The summed E-state index contributed by atoms with van der Waals surface area (Å²) < 4.78 is 5.48. The Morgan fingerprint density at radius 2 is 2.08 bits per heavy atom. The van der Waals surface area contributed by atoms with Crippen LogP contribution in [0.15, 0.2) is 23.1 Å². The summed E-state index contributed by atoms with van der Waals surface area (Å²) in [5.41, 5.74) is 2.65. The third-order valence-corrected chi connectivity index (χ3v) is 2.22. The minimum atomic E-state index is 0.495. The molecule has 0 bridgehead atoms. The SMILES string of the molecule is CC1=CC(=C(C)C)N(C(C)C)CO1. The van der Waals surface area contributed by atoms with Gasteiger partial charge in [0.15, 0.2) is 6.73 Å². The van der Waals surface area contributed by atoms with Crippen molar-refractivity contribution >= 4 is 0 Å². The summed E-state index contributed by atoms with van der Waals surface area (Å²) in [5.74, 6) is 1.01. The van der Waals surface area contributed by atoms with Crippen molar-refractivity contribution in [3.63, 3.8) is 0 Å². The van der Waals surface area contributed by atoms with Crippen LogP contribution in [0.2, 0.25) is 0 Å².